The van der Waals surface area contributed by atoms with E-state index in [2.05, 4.69) is 0 Å². The Balaban J connectivity index is 1.90. The van der Waals surface area contributed by atoms with Gasteiger partial charge < -0.3 is 14.7 Å². The first-order chi connectivity index (χ1) is 13.2. The minimum absolute atomic E-state index is 0.140. The molecule has 3 atom stereocenters. The second kappa shape index (κ2) is 6.72. The lowest BCUT2D eigenvalue weighted by Gasteiger charge is -2.42. The molecule has 0 bridgehead atoms. The second-order valence-electron chi connectivity index (χ2n) is 9.07. The number of ether oxygens (including phenoxy) is 1. The van der Waals surface area contributed by atoms with Crippen LogP contribution in [0.1, 0.15) is 51.2 Å². The molecule has 0 unspecified atom stereocenters. The molecule has 5 nitrogen and oxygen atoms in total. The minimum atomic E-state index is -4.42. The van der Waals surface area contributed by atoms with Gasteiger partial charge in [-0.2, -0.15) is 13.2 Å². The standard InChI is InChI=1S/C21H26F3NO4/c1-18(2,3)29-17(27)19-10-9-15(20(19,28)25(4)16(26)12-19)11-13-5-7-14(8-6-13)21(22,23)24/h5-8,15,28H,9-12H2,1-4H3/t15-,19+,20-/m0/s1. The summed E-state index contributed by atoms with van der Waals surface area (Å²) in [4.78, 5) is 26.7. The quantitative estimate of drug-likeness (QED) is 0.770. The van der Waals surface area contributed by atoms with Crippen LogP contribution in [0.2, 0.25) is 0 Å². The van der Waals surface area contributed by atoms with Crippen LogP contribution in [-0.2, 0) is 26.9 Å². The van der Waals surface area contributed by atoms with Crippen molar-refractivity contribution in [1.29, 1.82) is 0 Å². The van der Waals surface area contributed by atoms with E-state index in [-0.39, 0.29) is 25.2 Å². The van der Waals surface area contributed by atoms with Crippen molar-refractivity contribution in [2.75, 3.05) is 7.05 Å². The number of likely N-dealkylation sites (tertiary alicyclic amines) is 1. The lowest BCUT2D eigenvalue weighted by atomic mass is 9.76. The van der Waals surface area contributed by atoms with Crippen LogP contribution in [0, 0.1) is 11.3 Å². The maximum absolute atomic E-state index is 13.0. The van der Waals surface area contributed by atoms with Crippen molar-refractivity contribution in [3.8, 4) is 0 Å². The van der Waals surface area contributed by atoms with E-state index in [1.165, 1.54) is 24.1 Å². The fourth-order valence-corrected chi connectivity index (χ4v) is 4.64. The van der Waals surface area contributed by atoms with Gasteiger partial charge in [-0.1, -0.05) is 12.1 Å². The summed E-state index contributed by atoms with van der Waals surface area (Å²) in [5.41, 5.74) is -4.04. The molecule has 160 valence electrons. The lowest BCUT2D eigenvalue weighted by molar-refractivity contribution is -0.199. The summed E-state index contributed by atoms with van der Waals surface area (Å²) >= 11 is 0. The molecule has 3 rings (SSSR count). The molecule has 1 aliphatic heterocycles. The van der Waals surface area contributed by atoms with Crippen LogP contribution >= 0.6 is 0 Å². The molecule has 0 aromatic heterocycles. The van der Waals surface area contributed by atoms with Crippen molar-refractivity contribution in [1.82, 2.24) is 4.90 Å². The summed E-state index contributed by atoms with van der Waals surface area (Å²) in [5, 5.41) is 11.6. The highest BCUT2D eigenvalue weighted by Crippen LogP contribution is 2.59. The maximum Gasteiger partial charge on any atom is 0.416 e. The SMILES string of the molecule is CN1C(=O)C[C@@]2(C(=O)OC(C)(C)C)CC[C@@H](Cc3ccc(C(F)(F)F)cc3)[C@@]12O. The van der Waals surface area contributed by atoms with Gasteiger partial charge in [0.1, 0.15) is 11.0 Å². The Bertz CT molecular complexity index is 815. The van der Waals surface area contributed by atoms with Gasteiger partial charge in [0, 0.05) is 19.4 Å². The molecular formula is C21H26F3NO4. The summed E-state index contributed by atoms with van der Waals surface area (Å²) in [7, 11) is 1.46. The van der Waals surface area contributed by atoms with E-state index in [1.807, 2.05) is 0 Å². The van der Waals surface area contributed by atoms with Crippen LogP contribution in [0.15, 0.2) is 24.3 Å². The zero-order chi connectivity index (χ0) is 21.8. The summed E-state index contributed by atoms with van der Waals surface area (Å²) in [6, 6.07) is 4.74. The van der Waals surface area contributed by atoms with Gasteiger partial charge in [-0.3, -0.25) is 9.59 Å². The van der Waals surface area contributed by atoms with Crippen LogP contribution in [-0.4, -0.2) is 40.3 Å². The molecule has 2 fully saturated rings. The molecule has 29 heavy (non-hydrogen) atoms. The third-order valence-electron chi connectivity index (χ3n) is 6.08. The number of aliphatic hydroxyl groups is 1. The van der Waals surface area contributed by atoms with Crippen molar-refractivity contribution in [3.05, 3.63) is 35.4 Å². The molecule has 1 amide bonds. The Labute approximate surface area is 167 Å². The maximum atomic E-state index is 13.0. The van der Waals surface area contributed by atoms with Gasteiger partial charge in [0.15, 0.2) is 5.72 Å². The third kappa shape index (κ3) is 3.52. The first-order valence-corrected chi connectivity index (χ1v) is 9.59. The van der Waals surface area contributed by atoms with Gasteiger partial charge in [0.05, 0.1) is 5.56 Å². The zero-order valence-corrected chi connectivity index (χ0v) is 17.0. The van der Waals surface area contributed by atoms with E-state index in [1.54, 1.807) is 20.8 Å². The van der Waals surface area contributed by atoms with Crippen molar-refractivity contribution >= 4 is 11.9 Å². The molecule has 0 radical (unpaired) electrons. The summed E-state index contributed by atoms with van der Waals surface area (Å²) in [5.74, 6) is -1.46. The summed E-state index contributed by atoms with van der Waals surface area (Å²) in [6.45, 7) is 5.15. The van der Waals surface area contributed by atoms with Crippen molar-refractivity contribution in [3.63, 3.8) is 0 Å². The molecule has 1 saturated carbocycles. The number of benzene rings is 1. The molecule has 2 aliphatic rings. The van der Waals surface area contributed by atoms with Crippen LogP contribution in [0.5, 0.6) is 0 Å². The molecule has 1 saturated heterocycles. The smallest absolute Gasteiger partial charge is 0.416 e. The number of rotatable bonds is 3. The van der Waals surface area contributed by atoms with Gasteiger partial charge in [0.25, 0.3) is 0 Å². The number of amides is 1. The highest BCUT2D eigenvalue weighted by molar-refractivity contribution is 5.92. The number of carbonyl (C=O) groups is 2. The minimum Gasteiger partial charge on any atom is -0.459 e. The Morgan fingerprint density at radius 3 is 2.34 bits per heavy atom. The number of hydrogen-bond acceptors (Lipinski definition) is 4. The van der Waals surface area contributed by atoms with Crippen LogP contribution in [0.25, 0.3) is 0 Å². The van der Waals surface area contributed by atoms with Gasteiger partial charge >= 0.3 is 12.1 Å². The summed E-state index contributed by atoms with van der Waals surface area (Å²) < 4.78 is 43.9. The zero-order valence-electron chi connectivity index (χ0n) is 17.0. The molecular weight excluding hydrogens is 387 g/mol. The first kappa shape index (κ1) is 21.6. The molecule has 1 aromatic carbocycles. The lowest BCUT2D eigenvalue weighted by Crippen LogP contribution is -2.58. The average molecular weight is 413 g/mol. The summed E-state index contributed by atoms with van der Waals surface area (Å²) in [6.07, 6.45) is -3.59. The number of esters is 1. The topological polar surface area (TPSA) is 66.8 Å². The monoisotopic (exact) mass is 413 g/mol. The predicted molar refractivity (Wildman–Crippen MR) is 98.5 cm³/mol. The fraction of sp³-hybridized carbons (Fsp3) is 0.619. The average Bonchev–Trinajstić information content (AvgIpc) is 2.97. The van der Waals surface area contributed by atoms with Crippen LogP contribution < -0.4 is 0 Å². The number of alkyl halides is 3. The predicted octanol–water partition coefficient (Wildman–Crippen LogP) is 3.54. The molecule has 8 heteroatoms. The van der Waals surface area contributed by atoms with E-state index in [0.29, 0.717) is 12.0 Å². The molecule has 0 spiro atoms. The van der Waals surface area contributed by atoms with E-state index in [9.17, 15) is 27.9 Å². The van der Waals surface area contributed by atoms with E-state index >= 15 is 0 Å². The van der Waals surface area contributed by atoms with Gasteiger partial charge in [0.2, 0.25) is 5.91 Å². The number of carbonyl (C=O) groups excluding carboxylic acids is 2. The fourth-order valence-electron chi connectivity index (χ4n) is 4.64. The van der Waals surface area contributed by atoms with E-state index < -0.39 is 40.4 Å². The Kier molecular flexibility index (Phi) is 5.01. The highest BCUT2D eigenvalue weighted by atomic mass is 19.4. The molecule has 1 aliphatic carbocycles. The van der Waals surface area contributed by atoms with E-state index in [0.717, 1.165) is 12.1 Å². The molecule has 1 heterocycles. The number of hydrogen-bond donors (Lipinski definition) is 1. The molecule has 1 aromatic rings. The normalized spacial score (nSPS) is 29.9. The number of nitrogens with zero attached hydrogens (tertiary/aromatic N) is 1. The van der Waals surface area contributed by atoms with Crippen LogP contribution in [0.4, 0.5) is 13.2 Å². The largest absolute Gasteiger partial charge is 0.459 e. The highest BCUT2D eigenvalue weighted by Gasteiger charge is 2.72. The Morgan fingerprint density at radius 1 is 1.24 bits per heavy atom. The van der Waals surface area contributed by atoms with Gasteiger partial charge in [-0.05, 0) is 57.7 Å². The van der Waals surface area contributed by atoms with Crippen LogP contribution in [0.3, 0.4) is 0 Å². The van der Waals surface area contributed by atoms with Crippen molar-refractivity contribution < 1.29 is 32.6 Å². The number of fused-ring (bicyclic) bond motifs is 1. The third-order valence-corrected chi connectivity index (χ3v) is 6.08. The van der Waals surface area contributed by atoms with E-state index in [4.69, 9.17) is 4.74 Å². The second-order valence-corrected chi connectivity index (χ2v) is 9.07. The van der Waals surface area contributed by atoms with Crippen molar-refractivity contribution in [2.45, 2.75) is 64.0 Å². The Hall–Kier alpha value is -2.09. The first-order valence-electron chi connectivity index (χ1n) is 9.59. The van der Waals surface area contributed by atoms with Crippen molar-refractivity contribution in [2.24, 2.45) is 11.3 Å². The van der Waals surface area contributed by atoms with Gasteiger partial charge in [-0.25, -0.2) is 0 Å². The van der Waals surface area contributed by atoms with Gasteiger partial charge in [-0.15, -0.1) is 0 Å². The number of halogens is 3. The molecule has 1 N–H and O–H groups in total. The Morgan fingerprint density at radius 2 is 1.83 bits per heavy atom.